The van der Waals surface area contributed by atoms with Crippen molar-refractivity contribution in [2.24, 2.45) is 0 Å². The lowest BCUT2D eigenvalue weighted by Gasteiger charge is -2.15. The first-order valence-electron chi connectivity index (χ1n) is 7.16. The van der Waals surface area contributed by atoms with Crippen molar-refractivity contribution in [1.29, 1.82) is 0 Å². The summed E-state index contributed by atoms with van der Waals surface area (Å²) in [6, 6.07) is 8.03. The minimum Gasteiger partial charge on any atom is -0.480 e. The Labute approximate surface area is 133 Å². The molecule has 0 aliphatic carbocycles. The predicted octanol–water partition coefficient (Wildman–Crippen LogP) is 1.87. The van der Waals surface area contributed by atoms with Crippen LogP contribution in [0, 0.1) is 13.8 Å². The monoisotopic (exact) mass is 314 g/mol. The topological polar surface area (TPSA) is 99.3 Å². The fraction of sp³-hybridized carbons (Fsp3) is 0.235. The Bertz CT molecular complexity index is 735. The molecule has 0 spiro atoms. The van der Waals surface area contributed by atoms with E-state index in [1.807, 2.05) is 18.2 Å². The first-order valence-corrected chi connectivity index (χ1v) is 7.16. The average Bonchev–Trinajstić information content (AvgIpc) is 2.81. The molecule has 1 amide bonds. The van der Waals surface area contributed by atoms with E-state index >= 15 is 0 Å². The fourth-order valence-electron chi connectivity index (χ4n) is 2.51. The van der Waals surface area contributed by atoms with Gasteiger partial charge in [0.05, 0.1) is 11.3 Å². The molecule has 6 nitrogen and oxygen atoms in total. The van der Waals surface area contributed by atoms with Crippen molar-refractivity contribution >= 4 is 18.2 Å². The molecule has 6 heteroatoms. The third kappa shape index (κ3) is 3.66. The SMILES string of the molecule is Cc1[nH]c(C=O)c(C)c1C(=O)N[C@@H](Cc1ccccc1)C(=O)O. The Morgan fingerprint density at radius 3 is 2.43 bits per heavy atom. The Morgan fingerprint density at radius 2 is 1.91 bits per heavy atom. The summed E-state index contributed by atoms with van der Waals surface area (Å²) in [4.78, 5) is 37.6. The molecule has 3 N–H and O–H groups in total. The zero-order valence-electron chi connectivity index (χ0n) is 12.9. The van der Waals surface area contributed by atoms with Crippen LogP contribution in [-0.2, 0) is 11.2 Å². The van der Waals surface area contributed by atoms with E-state index < -0.39 is 17.9 Å². The summed E-state index contributed by atoms with van der Waals surface area (Å²) in [5, 5.41) is 11.9. The van der Waals surface area contributed by atoms with Crippen molar-refractivity contribution in [3.63, 3.8) is 0 Å². The van der Waals surface area contributed by atoms with Crippen molar-refractivity contribution in [3.05, 3.63) is 58.4 Å². The number of aldehydes is 1. The van der Waals surface area contributed by atoms with Crippen molar-refractivity contribution in [1.82, 2.24) is 10.3 Å². The van der Waals surface area contributed by atoms with Crippen molar-refractivity contribution in [3.8, 4) is 0 Å². The van der Waals surface area contributed by atoms with Crippen LogP contribution in [-0.4, -0.2) is 34.3 Å². The highest BCUT2D eigenvalue weighted by atomic mass is 16.4. The van der Waals surface area contributed by atoms with E-state index in [0.29, 0.717) is 28.8 Å². The van der Waals surface area contributed by atoms with Gasteiger partial charge in [0.1, 0.15) is 6.04 Å². The highest BCUT2D eigenvalue weighted by Crippen LogP contribution is 2.17. The van der Waals surface area contributed by atoms with E-state index in [-0.39, 0.29) is 6.42 Å². The number of aromatic amines is 1. The zero-order valence-corrected chi connectivity index (χ0v) is 12.9. The predicted molar refractivity (Wildman–Crippen MR) is 84.7 cm³/mol. The number of aromatic nitrogens is 1. The van der Waals surface area contributed by atoms with Crippen molar-refractivity contribution in [2.45, 2.75) is 26.3 Å². The normalized spacial score (nSPS) is 11.7. The molecule has 23 heavy (non-hydrogen) atoms. The highest BCUT2D eigenvalue weighted by Gasteiger charge is 2.24. The van der Waals surface area contributed by atoms with Gasteiger partial charge < -0.3 is 15.4 Å². The van der Waals surface area contributed by atoms with E-state index in [4.69, 9.17) is 0 Å². The number of nitrogens with one attached hydrogen (secondary N) is 2. The summed E-state index contributed by atoms with van der Waals surface area (Å²) in [7, 11) is 0. The summed E-state index contributed by atoms with van der Waals surface area (Å²) < 4.78 is 0. The first-order chi connectivity index (χ1) is 10.9. The highest BCUT2D eigenvalue weighted by molar-refractivity contribution is 6.00. The molecule has 1 aromatic carbocycles. The van der Waals surface area contributed by atoms with Gasteiger partial charge in [0.25, 0.3) is 5.91 Å². The molecule has 0 fully saturated rings. The molecule has 0 bridgehead atoms. The zero-order chi connectivity index (χ0) is 17.0. The van der Waals surface area contributed by atoms with Crippen LogP contribution in [0.2, 0.25) is 0 Å². The van der Waals surface area contributed by atoms with E-state index in [2.05, 4.69) is 10.3 Å². The third-order valence-corrected chi connectivity index (χ3v) is 3.71. The largest absolute Gasteiger partial charge is 0.480 e. The van der Waals surface area contributed by atoms with Crippen LogP contribution in [0.5, 0.6) is 0 Å². The van der Waals surface area contributed by atoms with Gasteiger partial charge in [-0.1, -0.05) is 30.3 Å². The number of H-pyrrole nitrogens is 1. The molecule has 2 rings (SSSR count). The molecule has 120 valence electrons. The lowest BCUT2D eigenvalue weighted by Crippen LogP contribution is -2.42. The van der Waals surface area contributed by atoms with Gasteiger partial charge in [-0.15, -0.1) is 0 Å². The van der Waals surface area contributed by atoms with Gasteiger partial charge in [-0.2, -0.15) is 0 Å². The Balaban J connectivity index is 2.20. The summed E-state index contributed by atoms with van der Waals surface area (Å²) >= 11 is 0. The number of carboxylic acids is 1. The number of hydrogen-bond acceptors (Lipinski definition) is 3. The lowest BCUT2D eigenvalue weighted by atomic mass is 10.0. The average molecular weight is 314 g/mol. The molecule has 0 aliphatic rings. The number of aryl methyl sites for hydroxylation is 1. The molecule has 0 saturated heterocycles. The van der Waals surface area contributed by atoms with Gasteiger partial charge in [-0.3, -0.25) is 9.59 Å². The standard InChI is InChI=1S/C17H18N2O4/c1-10-14(9-20)18-11(2)15(10)16(21)19-13(17(22)23)8-12-6-4-3-5-7-12/h3-7,9,13,18H,8H2,1-2H3,(H,19,21)(H,22,23)/t13-/m0/s1. The van der Waals surface area contributed by atoms with E-state index in [9.17, 15) is 19.5 Å². The second-order valence-corrected chi connectivity index (χ2v) is 5.34. The quantitative estimate of drug-likeness (QED) is 0.709. The molecule has 0 unspecified atom stereocenters. The molecule has 1 aromatic heterocycles. The van der Waals surface area contributed by atoms with Gasteiger partial charge in [0.15, 0.2) is 6.29 Å². The summed E-state index contributed by atoms with van der Waals surface area (Å²) in [6.45, 7) is 3.32. The van der Waals surface area contributed by atoms with Gasteiger partial charge >= 0.3 is 5.97 Å². The van der Waals surface area contributed by atoms with E-state index in [0.717, 1.165) is 5.56 Å². The van der Waals surface area contributed by atoms with Gasteiger partial charge in [-0.25, -0.2) is 4.79 Å². The number of carbonyl (C=O) groups excluding carboxylic acids is 2. The van der Waals surface area contributed by atoms with Gasteiger partial charge in [0.2, 0.25) is 0 Å². The molecular weight excluding hydrogens is 296 g/mol. The molecule has 0 aliphatic heterocycles. The molecule has 2 aromatic rings. The molecule has 0 saturated carbocycles. The first kappa shape index (κ1) is 16.5. The van der Waals surface area contributed by atoms with Crippen LogP contribution in [0.25, 0.3) is 0 Å². The van der Waals surface area contributed by atoms with Crippen LogP contribution >= 0.6 is 0 Å². The molecule has 0 radical (unpaired) electrons. The van der Waals surface area contributed by atoms with E-state index in [1.165, 1.54) is 0 Å². The van der Waals surface area contributed by atoms with Crippen molar-refractivity contribution < 1.29 is 19.5 Å². The smallest absolute Gasteiger partial charge is 0.326 e. The summed E-state index contributed by atoms with van der Waals surface area (Å²) in [6.07, 6.45) is 0.822. The number of amides is 1. The maximum Gasteiger partial charge on any atom is 0.326 e. The number of carboxylic acid groups (broad SMARTS) is 1. The van der Waals surface area contributed by atoms with Crippen LogP contribution in [0.3, 0.4) is 0 Å². The Morgan fingerprint density at radius 1 is 1.26 bits per heavy atom. The number of hydrogen-bond donors (Lipinski definition) is 3. The lowest BCUT2D eigenvalue weighted by molar-refractivity contribution is -0.139. The van der Waals surface area contributed by atoms with Gasteiger partial charge in [-0.05, 0) is 25.0 Å². The molecule has 1 atom stereocenters. The van der Waals surface area contributed by atoms with E-state index in [1.54, 1.807) is 26.0 Å². The van der Waals surface area contributed by atoms with Crippen LogP contribution in [0.1, 0.15) is 37.7 Å². The number of carbonyl (C=O) groups is 3. The minimum atomic E-state index is -1.11. The fourth-order valence-corrected chi connectivity index (χ4v) is 2.51. The van der Waals surface area contributed by atoms with Crippen LogP contribution in [0.15, 0.2) is 30.3 Å². The Hall–Kier alpha value is -2.89. The molecule has 1 heterocycles. The van der Waals surface area contributed by atoms with Crippen LogP contribution < -0.4 is 5.32 Å². The second kappa shape index (κ2) is 6.91. The van der Waals surface area contributed by atoms with Gasteiger partial charge in [0, 0.05) is 12.1 Å². The number of benzene rings is 1. The van der Waals surface area contributed by atoms with Crippen LogP contribution in [0.4, 0.5) is 0 Å². The maximum atomic E-state index is 12.4. The number of rotatable bonds is 6. The molecular formula is C17H18N2O4. The van der Waals surface area contributed by atoms with Crippen molar-refractivity contribution in [2.75, 3.05) is 0 Å². The number of aliphatic carboxylic acids is 1. The second-order valence-electron chi connectivity index (χ2n) is 5.34. The minimum absolute atomic E-state index is 0.185. The summed E-state index contributed by atoms with van der Waals surface area (Å²) in [5.74, 6) is -1.61. The third-order valence-electron chi connectivity index (χ3n) is 3.71. The maximum absolute atomic E-state index is 12.4. The Kier molecular flexibility index (Phi) is 4.95. The summed E-state index contributed by atoms with van der Waals surface area (Å²) in [5.41, 5.74) is 2.50.